The normalized spacial score (nSPS) is 26.8. The van der Waals surface area contributed by atoms with Crippen molar-refractivity contribution in [3.8, 4) is 0 Å². The van der Waals surface area contributed by atoms with Crippen molar-refractivity contribution >= 4 is 10.8 Å². The average Bonchev–Trinajstić information content (AvgIpc) is 2.83. The summed E-state index contributed by atoms with van der Waals surface area (Å²) in [5.74, 6) is 1.30. The predicted octanol–water partition coefficient (Wildman–Crippen LogP) is 9.51. The Morgan fingerprint density at radius 3 is 2.16 bits per heavy atom. The Bertz CT molecular complexity index is 912. The molecular weight excluding hydrogens is 398 g/mol. The molecule has 0 nitrogen and oxygen atoms in total. The number of hydrogen-bond donors (Lipinski definition) is 0. The van der Waals surface area contributed by atoms with Crippen molar-refractivity contribution < 1.29 is 8.78 Å². The third-order valence-corrected chi connectivity index (χ3v) is 8.21. The molecule has 2 fully saturated rings. The van der Waals surface area contributed by atoms with E-state index in [0.29, 0.717) is 10.9 Å². The maximum atomic E-state index is 15.1. The lowest BCUT2D eigenvalue weighted by Crippen LogP contribution is -2.25. The number of fused-ring (bicyclic) bond motifs is 1. The molecule has 174 valence electrons. The van der Waals surface area contributed by atoms with Gasteiger partial charge in [0.2, 0.25) is 0 Å². The van der Waals surface area contributed by atoms with Crippen molar-refractivity contribution in [2.45, 2.75) is 96.8 Å². The molecule has 2 aromatic rings. The van der Waals surface area contributed by atoms with Crippen LogP contribution in [0.4, 0.5) is 8.78 Å². The molecule has 2 aliphatic rings. The van der Waals surface area contributed by atoms with Gasteiger partial charge < -0.3 is 0 Å². The first kappa shape index (κ1) is 23.5. The molecule has 0 aliphatic heterocycles. The van der Waals surface area contributed by atoms with Crippen molar-refractivity contribution in [1.29, 1.82) is 0 Å². The van der Waals surface area contributed by atoms with Crippen LogP contribution in [0.3, 0.4) is 0 Å². The van der Waals surface area contributed by atoms with Gasteiger partial charge in [-0.15, -0.1) is 0 Å². The maximum absolute atomic E-state index is 15.1. The van der Waals surface area contributed by atoms with E-state index in [9.17, 15) is 4.39 Å². The summed E-state index contributed by atoms with van der Waals surface area (Å²) in [5.41, 5.74) is 1.70. The number of hydrogen-bond acceptors (Lipinski definition) is 0. The molecule has 2 aliphatic carbocycles. The molecule has 4 rings (SSSR count). The van der Waals surface area contributed by atoms with Crippen LogP contribution in [-0.2, 0) is 6.42 Å². The van der Waals surface area contributed by atoms with E-state index in [2.05, 4.69) is 32.1 Å². The van der Waals surface area contributed by atoms with E-state index in [4.69, 9.17) is 0 Å². The molecule has 0 N–H and O–H groups in total. The van der Waals surface area contributed by atoms with Crippen LogP contribution in [0.5, 0.6) is 0 Å². The summed E-state index contributed by atoms with van der Waals surface area (Å²) < 4.78 is 30.0. The molecule has 0 aromatic heterocycles. The van der Waals surface area contributed by atoms with Crippen LogP contribution in [-0.4, -0.2) is 0 Å². The highest BCUT2D eigenvalue weighted by Gasteiger charge is 2.32. The zero-order valence-electron chi connectivity index (χ0n) is 20.0. The van der Waals surface area contributed by atoms with Crippen LogP contribution >= 0.6 is 0 Å². The van der Waals surface area contributed by atoms with Crippen LogP contribution in [0.25, 0.3) is 10.8 Å². The predicted molar refractivity (Wildman–Crippen MR) is 132 cm³/mol. The van der Waals surface area contributed by atoms with Gasteiger partial charge in [-0.25, -0.2) is 8.78 Å². The third kappa shape index (κ3) is 5.26. The molecule has 0 bridgehead atoms. The number of benzene rings is 2. The molecule has 2 aromatic carbocycles. The quantitative estimate of drug-likeness (QED) is 0.378. The zero-order chi connectivity index (χ0) is 22.5. The molecule has 32 heavy (non-hydrogen) atoms. The SMILES string of the molecule is CCC/C=C/C1CCC(C2CCC(c3cc4ccc(CCC)cc4c(F)c3F)CC2)CC1. The maximum Gasteiger partial charge on any atom is 0.166 e. The van der Waals surface area contributed by atoms with E-state index < -0.39 is 11.6 Å². The summed E-state index contributed by atoms with van der Waals surface area (Å²) in [6.07, 6.45) is 18.8. The van der Waals surface area contributed by atoms with Gasteiger partial charge in [0.1, 0.15) is 0 Å². The van der Waals surface area contributed by atoms with Crippen molar-refractivity contribution in [2.24, 2.45) is 17.8 Å². The molecular formula is C30H40F2. The van der Waals surface area contributed by atoms with Gasteiger partial charge in [0, 0.05) is 5.39 Å². The van der Waals surface area contributed by atoms with E-state index in [1.807, 2.05) is 18.2 Å². The van der Waals surface area contributed by atoms with Crippen LogP contribution < -0.4 is 0 Å². The minimum atomic E-state index is -0.646. The van der Waals surface area contributed by atoms with Gasteiger partial charge in [-0.3, -0.25) is 0 Å². The first-order valence-electron chi connectivity index (χ1n) is 13.2. The smallest absolute Gasteiger partial charge is 0.166 e. The Kier molecular flexibility index (Phi) is 8.02. The second-order valence-corrected chi connectivity index (χ2v) is 10.4. The lowest BCUT2D eigenvalue weighted by molar-refractivity contribution is 0.170. The Balaban J connectivity index is 1.38. The molecule has 0 saturated heterocycles. The number of aryl methyl sites for hydroxylation is 1. The average molecular weight is 439 g/mol. The summed E-state index contributed by atoms with van der Waals surface area (Å²) >= 11 is 0. The summed E-state index contributed by atoms with van der Waals surface area (Å²) in [5, 5.41) is 1.28. The number of rotatable bonds is 7. The highest BCUT2D eigenvalue weighted by atomic mass is 19.2. The van der Waals surface area contributed by atoms with Gasteiger partial charge in [-0.2, -0.15) is 0 Å². The zero-order valence-corrected chi connectivity index (χ0v) is 20.0. The second-order valence-electron chi connectivity index (χ2n) is 10.4. The third-order valence-electron chi connectivity index (χ3n) is 8.21. The molecule has 0 spiro atoms. The van der Waals surface area contributed by atoms with Crippen LogP contribution in [0.15, 0.2) is 36.4 Å². The fourth-order valence-corrected chi connectivity index (χ4v) is 6.30. The van der Waals surface area contributed by atoms with Crippen LogP contribution in [0.1, 0.15) is 102 Å². The molecule has 2 saturated carbocycles. The molecule has 2 heteroatoms. The van der Waals surface area contributed by atoms with Gasteiger partial charge >= 0.3 is 0 Å². The van der Waals surface area contributed by atoms with Crippen molar-refractivity contribution in [1.82, 2.24) is 0 Å². The minimum Gasteiger partial charge on any atom is -0.203 e. The van der Waals surface area contributed by atoms with Crippen LogP contribution in [0.2, 0.25) is 0 Å². The number of halogens is 2. The molecule has 0 amide bonds. The highest BCUT2D eigenvalue weighted by Crippen LogP contribution is 2.45. The summed E-state index contributed by atoms with van der Waals surface area (Å²) in [6, 6.07) is 7.82. The van der Waals surface area contributed by atoms with E-state index in [-0.39, 0.29) is 5.92 Å². The summed E-state index contributed by atoms with van der Waals surface area (Å²) in [7, 11) is 0. The van der Waals surface area contributed by atoms with Crippen molar-refractivity contribution in [3.05, 3.63) is 59.2 Å². The summed E-state index contributed by atoms with van der Waals surface area (Å²) in [6.45, 7) is 4.34. The molecule has 0 unspecified atom stereocenters. The van der Waals surface area contributed by atoms with Gasteiger partial charge in [0.25, 0.3) is 0 Å². The van der Waals surface area contributed by atoms with E-state index in [1.54, 1.807) is 0 Å². The fraction of sp³-hybridized carbons (Fsp3) is 0.600. The highest BCUT2D eigenvalue weighted by molar-refractivity contribution is 5.85. The molecule has 0 radical (unpaired) electrons. The topological polar surface area (TPSA) is 0 Å². The van der Waals surface area contributed by atoms with Gasteiger partial charge in [-0.1, -0.05) is 51.0 Å². The van der Waals surface area contributed by atoms with Crippen molar-refractivity contribution in [3.63, 3.8) is 0 Å². The Morgan fingerprint density at radius 1 is 0.812 bits per heavy atom. The molecule has 0 heterocycles. The van der Waals surface area contributed by atoms with Crippen LogP contribution in [0, 0.1) is 29.4 Å². The van der Waals surface area contributed by atoms with Gasteiger partial charge in [-0.05, 0) is 117 Å². The van der Waals surface area contributed by atoms with E-state index in [0.717, 1.165) is 54.4 Å². The lowest BCUT2D eigenvalue weighted by atomic mass is 9.68. The molecule has 0 atom stereocenters. The van der Waals surface area contributed by atoms with Gasteiger partial charge in [0.05, 0.1) is 0 Å². The first-order chi connectivity index (χ1) is 15.6. The Labute approximate surface area is 193 Å². The monoisotopic (exact) mass is 438 g/mol. The standard InChI is InChI=1S/C30H40F2/c1-3-5-6-8-21-9-12-23(13-10-21)24-15-17-25(18-16-24)28-20-26-14-11-22(7-4-2)19-27(26)29(31)30(28)32/h6,8,11,14,19-21,23-25H,3-5,7,9-10,12-13,15-18H2,1-2H3/b8-6+. The fourth-order valence-electron chi connectivity index (χ4n) is 6.30. The Morgan fingerprint density at radius 2 is 1.50 bits per heavy atom. The lowest BCUT2D eigenvalue weighted by Gasteiger charge is -2.37. The summed E-state index contributed by atoms with van der Waals surface area (Å²) in [4.78, 5) is 0. The largest absolute Gasteiger partial charge is 0.203 e. The number of allylic oxidation sites excluding steroid dienone is 2. The van der Waals surface area contributed by atoms with Crippen molar-refractivity contribution in [2.75, 3.05) is 0 Å². The Hall–Kier alpha value is -1.70. The van der Waals surface area contributed by atoms with E-state index in [1.165, 1.54) is 51.4 Å². The number of unbranched alkanes of at least 4 members (excludes halogenated alkanes) is 1. The van der Waals surface area contributed by atoms with E-state index >= 15 is 4.39 Å². The second kappa shape index (κ2) is 10.9. The van der Waals surface area contributed by atoms with Gasteiger partial charge in [0.15, 0.2) is 11.6 Å². The first-order valence-corrected chi connectivity index (χ1v) is 13.2. The minimum absolute atomic E-state index is 0.161.